The first kappa shape index (κ1) is 56.7. The molecule has 3 saturated carbocycles. The zero-order valence-electron chi connectivity index (χ0n) is 49.3. The summed E-state index contributed by atoms with van der Waals surface area (Å²) < 4.78 is 83.9. The van der Waals surface area contributed by atoms with Crippen molar-refractivity contribution in [3.8, 4) is 58.2 Å². The second kappa shape index (κ2) is 20.2. The summed E-state index contributed by atoms with van der Waals surface area (Å²) in [5.41, 5.74) is 6.19. The van der Waals surface area contributed by atoms with E-state index in [-0.39, 0.29) is 137 Å². The number of nitrogens with two attached hydrogens (primary N) is 1. The molecule has 4 N–H and O–H groups in total. The lowest BCUT2D eigenvalue weighted by molar-refractivity contribution is -0.188. The van der Waals surface area contributed by atoms with Crippen molar-refractivity contribution in [2.24, 2.45) is 5.73 Å². The van der Waals surface area contributed by atoms with Crippen LogP contribution in [-0.2, 0) is 52.8 Å². The lowest BCUT2D eigenvalue weighted by atomic mass is 9.37. The van der Waals surface area contributed by atoms with Crippen LogP contribution in [0.4, 0.5) is 23.8 Å². The number of alkyl halides is 1. The molecule has 3 aromatic carbocycles. The highest BCUT2D eigenvalue weighted by molar-refractivity contribution is 6.03. The summed E-state index contributed by atoms with van der Waals surface area (Å²) in [6, 6.07) is 9.63. The number of halogens is 3. The lowest BCUT2D eigenvalue weighted by Crippen LogP contribution is -2.74. The molecule has 7 fully saturated rings. The van der Waals surface area contributed by atoms with Gasteiger partial charge in [0.25, 0.3) is 11.5 Å². The topological polar surface area (TPSA) is 265 Å². The number of ether oxygens (including phenoxy) is 6. The molecule has 4 saturated heterocycles. The minimum absolute atomic E-state index is 0.0247. The molecule has 0 radical (unpaired) electrons. The van der Waals surface area contributed by atoms with Crippen molar-refractivity contribution in [1.82, 2.24) is 39.6 Å². The first-order valence-electron chi connectivity index (χ1n) is 30.5. The Hall–Kier alpha value is -9.54. The summed E-state index contributed by atoms with van der Waals surface area (Å²) in [4.78, 5) is 94.6. The van der Waals surface area contributed by atoms with E-state index in [0.717, 1.165) is 48.3 Å². The number of rotatable bonds is 13. The molecule has 11 heterocycles. The third kappa shape index (κ3) is 8.57. The number of carbonyl (C=O) groups excluding carboxylic acids is 4. The Kier molecular flexibility index (Phi) is 12.6. The summed E-state index contributed by atoms with van der Waals surface area (Å²) in [6.45, 7) is 5.57. The molecule has 0 spiro atoms. The van der Waals surface area contributed by atoms with E-state index in [4.69, 9.17) is 50.5 Å². The predicted octanol–water partition coefficient (Wildman–Crippen LogP) is 6.73. The van der Waals surface area contributed by atoms with E-state index in [1.165, 1.54) is 24.4 Å². The third-order valence-corrected chi connectivity index (χ3v) is 20.4. The van der Waals surface area contributed by atoms with Crippen LogP contribution >= 0.6 is 0 Å². The van der Waals surface area contributed by atoms with Gasteiger partial charge in [-0.3, -0.25) is 24.3 Å². The van der Waals surface area contributed by atoms with Crippen LogP contribution in [0.1, 0.15) is 92.5 Å². The highest BCUT2D eigenvalue weighted by Gasteiger charge is 2.68. The largest absolute Gasteiger partial charge is 0.508 e. The summed E-state index contributed by atoms with van der Waals surface area (Å²) >= 11 is 0. The number of piperazine rings is 1. The van der Waals surface area contributed by atoms with E-state index in [0.29, 0.717) is 59.6 Å². The van der Waals surface area contributed by atoms with Gasteiger partial charge < -0.3 is 58.9 Å². The Bertz CT molecular complexity index is 4540. The van der Waals surface area contributed by atoms with Crippen LogP contribution in [0.25, 0.3) is 55.2 Å². The van der Waals surface area contributed by atoms with Gasteiger partial charge in [-0.25, -0.2) is 27.7 Å². The van der Waals surface area contributed by atoms with Gasteiger partial charge in [-0.2, -0.15) is 9.97 Å². The number of esters is 2. The third-order valence-electron chi connectivity index (χ3n) is 20.4. The zero-order valence-corrected chi connectivity index (χ0v) is 49.3. The average Bonchev–Trinajstić information content (AvgIpc) is 1.55. The number of hydrogen-bond acceptors (Lipinski definition) is 19. The van der Waals surface area contributed by atoms with E-state index >= 15 is 8.78 Å². The van der Waals surface area contributed by atoms with Gasteiger partial charge in [0.05, 0.1) is 57.6 Å². The van der Waals surface area contributed by atoms with Gasteiger partial charge in [0, 0.05) is 82.3 Å². The maximum absolute atomic E-state index is 17.4. The van der Waals surface area contributed by atoms with E-state index in [2.05, 4.69) is 32.7 Å². The first-order valence-corrected chi connectivity index (χ1v) is 30.5. The van der Waals surface area contributed by atoms with E-state index in [9.17, 15) is 33.5 Å². The Morgan fingerprint density at radius 1 is 0.967 bits per heavy atom. The predicted molar refractivity (Wildman–Crippen MR) is 320 cm³/mol. The number of amides is 2. The van der Waals surface area contributed by atoms with Gasteiger partial charge in [-0.1, -0.05) is 25.5 Å². The Morgan fingerprint density at radius 2 is 1.75 bits per heavy atom. The monoisotopic (exact) mass is 1240 g/mol. The molecule has 22 nitrogen and oxygen atoms in total. The van der Waals surface area contributed by atoms with Crippen LogP contribution < -0.4 is 35.7 Å². The minimum Gasteiger partial charge on any atom is -0.508 e. The average molecular weight is 1240 g/mol. The molecule has 10 aliphatic rings. The fourth-order valence-corrected chi connectivity index (χ4v) is 16.5. The molecule has 3 aliphatic carbocycles. The Balaban J connectivity index is 0.610. The number of hydrogen-bond donors (Lipinski definition) is 3. The molecule has 2 amide bonds. The van der Waals surface area contributed by atoms with E-state index < -0.39 is 83.7 Å². The summed E-state index contributed by atoms with van der Waals surface area (Å²) in [7, 11) is 0. The molecular formula is C66H59F3N10O12. The van der Waals surface area contributed by atoms with Crippen molar-refractivity contribution in [3.63, 3.8) is 0 Å². The molecule has 7 aromatic rings. The number of cyclic esters (lactones) is 1. The van der Waals surface area contributed by atoms with Crippen LogP contribution in [0.5, 0.6) is 23.3 Å². The fraction of sp³-hybridized carbons (Fsp3) is 0.409. The second-order valence-electron chi connectivity index (χ2n) is 25.8. The van der Waals surface area contributed by atoms with Crippen molar-refractivity contribution in [1.29, 1.82) is 0 Å². The molecule has 2 unspecified atom stereocenters. The SMILES string of the molecule is C#Cc1c(F)ccc2cc(O)cc(-c3ncc4c(N5CC6CCC(C5)N6C(=O)C(=C)COC(=O)NCC(=O)O[C@]5(CC)C(=O)OCc6c5cc5n(c6=O)Cc6c-5nc5cc7c(cc5c6C56CC(N)(C5)C6)OCO7)nc(OC[C@@]56CCCN5C[C@H](F)C6)nc4c3F)c12. The van der Waals surface area contributed by atoms with Crippen LogP contribution in [0.15, 0.2) is 65.6 Å². The fourth-order valence-electron chi connectivity index (χ4n) is 16.5. The molecule has 25 heteroatoms. The molecule has 466 valence electrons. The second-order valence-corrected chi connectivity index (χ2v) is 25.8. The van der Waals surface area contributed by atoms with Crippen LogP contribution in [-0.4, -0.2) is 145 Å². The number of alkyl carbamates (subject to hydrolysis) is 1. The van der Waals surface area contributed by atoms with Crippen LogP contribution in [0, 0.1) is 24.0 Å². The number of aromatic nitrogens is 5. The maximum atomic E-state index is 17.4. The van der Waals surface area contributed by atoms with Gasteiger partial charge in [0.1, 0.15) is 61.1 Å². The summed E-state index contributed by atoms with van der Waals surface area (Å²) in [5, 5.41) is 14.7. The quantitative estimate of drug-likeness (QED) is 0.0467. The number of carbonyl (C=O) groups is 4. The van der Waals surface area contributed by atoms with Crippen molar-refractivity contribution < 1.29 is 65.9 Å². The van der Waals surface area contributed by atoms with Gasteiger partial charge >= 0.3 is 24.0 Å². The molecule has 5 atom stereocenters. The van der Waals surface area contributed by atoms with Crippen molar-refractivity contribution >= 4 is 62.3 Å². The Labute approximate surface area is 516 Å². The van der Waals surface area contributed by atoms with Crippen molar-refractivity contribution in [2.45, 2.75) is 118 Å². The lowest BCUT2D eigenvalue weighted by Gasteiger charge is -2.69. The number of terminal acetylenes is 1. The number of nitrogens with one attached hydrogen (secondary N) is 1. The Morgan fingerprint density at radius 3 is 2.51 bits per heavy atom. The highest BCUT2D eigenvalue weighted by atomic mass is 19.1. The van der Waals surface area contributed by atoms with Crippen LogP contribution in [0.3, 0.4) is 0 Å². The van der Waals surface area contributed by atoms with Gasteiger partial charge in [-0.15, -0.1) is 6.42 Å². The number of aromatic hydroxyl groups is 1. The number of phenolic OH excluding ortho intramolecular Hbond substituents is 1. The molecule has 17 rings (SSSR count). The molecule has 4 aromatic heterocycles. The van der Waals surface area contributed by atoms with Gasteiger partial charge in [0.15, 0.2) is 17.3 Å². The van der Waals surface area contributed by atoms with Crippen molar-refractivity contribution in [2.75, 3.05) is 57.6 Å². The summed E-state index contributed by atoms with van der Waals surface area (Å²) in [5.74, 6) is -0.573. The smallest absolute Gasteiger partial charge is 0.407 e. The molecule has 4 bridgehead atoms. The first-order chi connectivity index (χ1) is 43.8. The number of fused-ring (bicyclic) bond motifs is 11. The normalized spacial score (nSPS) is 26.1. The molecular weight excluding hydrogens is 1180 g/mol. The van der Waals surface area contributed by atoms with E-state index in [1.54, 1.807) is 22.5 Å². The standard InChI is InChI=1S/C66H59F3N10O12/c1-4-38-45(68)10-7-33-13-37(80)14-40(51(33)38)55-53(69)56-41(19-71-55)57(75-61(74-56)88-30-65-11-6-12-77(65)21-34(67)18-65)76-22-35-8-9-36(23-76)79(35)58(82)32(3)25-87-62(85)72-20-50(81)91-66(5-2)44-16-47-54-42(24-78(47)59(83)43(44)26-86-60(66)84)52(63-27-64(70,28-63)29-63)39-15-48-49(90-31-89-48)17-46(39)73-54/h1,7,10,13-17,19,34-36,80H,3,5-6,8-9,11-12,18,20-31,70H2,2H3,(H,72,85)/t34-,35?,36?,63?,64?,65+,66+/m1/s1. The highest BCUT2D eigenvalue weighted by Crippen LogP contribution is 2.69. The number of pyridine rings is 3. The number of benzene rings is 3. The number of nitrogens with zero attached hydrogens (tertiary/aromatic N) is 8. The summed E-state index contributed by atoms with van der Waals surface area (Å²) in [6.07, 6.45) is 10.2. The zero-order chi connectivity index (χ0) is 62.8. The minimum atomic E-state index is -2.08. The van der Waals surface area contributed by atoms with Gasteiger partial charge in [-0.05, 0) is 99.2 Å². The molecule has 91 heavy (non-hydrogen) atoms. The van der Waals surface area contributed by atoms with Crippen molar-refractivity contribution in [3.05, 3.63) is 111 Å². The molecule has 7 aliphatic heterocycles. The maximum Gasteiger partial charge on any atom is 0.407 e. The van der Waals surface area contributed by atoms with Gasteiger partial charge in [0.2, 0.25) is 12.4 Å². The van der Waals surface area contributed by atoms with Crippen LogP contribution in [0.2, 0.25) is 0 Å². The van der Waals surface area contributed by atoms with E-state index in [1.807, 2.05) is 17.0 Å². The number of phenols is 1. The number of anilines is 1.